The third-order valence-corrected chi connectivity index (χ3v) is 6.03. The smallest absolute Gasteiger partial charge is 0.338 e. The van der Waals surface area contributed by atoms with Crippen LogP contribution in [0.4, 0.5) is 21.0 Å². The van der Waals surface area contributed by atoms with Gasteiger partial charge in [-0.05, 0) is 69.2 Å². The van der Waals surface area contributed by atoms with E-state index in [1.165, 1.54) is 0 Å². The number of carbonyl (C=O) groups is 3. The molecule has 0 bridgehead atoms. The Labute approximate surface area is 214 Å². The van der Waals surface area contributed by atoms with Crippen molar-refractivity contribution in [1.29, 1.82) is 0 Å². The molecule has 0 saturated heterocycles. The van der Waals surface area contributed by atoms with E-state index in [4.69, 9.17) is 4.74 Å². The Morgan fingerprint density at radius 2 is 1.63 bits per heavy atom. The average molecular weight is 543 g/mol. The summed E-state index contributed by atoms with van der Waals surface area (Å²) in [6.07, 6.45) is 1.46. The number of ether oxygens (including phenoxy) is 1. The molecule has 1 aliphatic rings. The number of carbonyl (C=O) groups excluding carboxylic acids is 3. The van der Waals surface area contributed by atoms with Gasteiger partial charge in [0, 0.05) is 28.1 Å². The fourth-order valence-electron chi connectivity index (χ4n) is 3.74. The van der Waals surface area contributed by atoms with Crippen LogP contribution in [0.2, 0.25) is 0 Å². The SMILES string of the molecule is CCCCN1C(=O)NC(c2ccc(NC(=O)Nc3ccc(Br)cc3)cc2)C(C(=O)OC(C)C)=C1C. The van der Waals surface area contributed by atoms with Crippen LogP contribution in [0.3, 0.4) is 0 Å². The van der Waals surface area contributed by atoms with E-state index in [-0.39, 0.29) is 18.2 Å². The van der Waals surface area contributed by atoms with Crippen LogP contribution in [0, 0.1) is 0 Å². The number of esters is 1. The molecule has 1 atom stereocenters. The van der Waals surface area contributed by atoms with Gasteiger partial charge in [0.25, 0.3) is 0 Å². The Bertz CT molecular complexity index is 1100. The predicted molar refractivity (Wildman–Crippen MR) is 140 cm³/mol. The van der Waals surface area contributed by atoms with Crippen molar-refractivity contribution in [3.63, 3.8) is 0 Å². The van der Waals surface area contributed by atoms with Crippen LogP contribution in [0.1, 0.15) is 52.1 Å². The topological polar surface area (TPSA) is 99.8 Å². The van der Waals surface area contributed by atoms with E-state index < -0.39 is 12.0 Å². The van der Waals surface area contributed by atoms with Crippen LogP contribution in [-0.4, -0.2) is 35.6 Å². The first-order valence-corrected chi connectivity index (χ1v) is 12.4. The van der Waals surface area contributed by atoms with Gasteiger partial charge in [0.2, 0.25) is 0 Å². The van der Waals surface area contributed by atoms with Crippen molar-refractivity contribution in [3.05, 3.63) is 69.8 Å². The lowest BCUT2D eigenvalue weighted by atomic mass is 9.94. The van der Waals surface area contributed by atoms with Crippen molar-refractivity contribution >= 4 is 45.3 Å². The monoisotopic (exact) mass is 542 g/mol. The molecular weight excluding hydrogens is 512 g/mol. The van der Waals surface area contributed by atoms with E-state index in [0.717, 1.165) is 17.3 Å². The zero-order valence-electron chi connectivity index (χ0n) is 20.4. The first kappa shape index (κ1) is 26.3. The van der Waals surface area contributed by atoms with Gasteiger partial charge in [-0.2, -0.15) is 0 Å². The van der Waals surface area contributed by atoms with Gasteiger partial charge in [0.05, 0.1) is 17.7 Å². The maximum Gasteiger partial charge on any atom is 0.338 e. The summed E-state index contributed by atoms with van der Waals surface area (Å²) in [6.45, 7) is 7.93. The highest BCUT2D eigenvalue weighted by Gasteiger charge is 2.36. The van der Waals surface area contributed by atoms with E-state index in [2.05, 4.69) is 31.9 Å². The summed E-state index contributed by atoms with van der Waals surface area (Å²) in [4.78, 5) is 39.8. The molecule has 186 valence electrons. The minimum Gasteiger partial charge on any atom is -0.459 e. The third-order valence-electron chi connectivity index (χ3n) is 5.50. The van der Waals surface area contributed by atoms with Gasteiger partial charge in [-0.1, -0.05) is 41.4 Å². The highest BCUT2D eigenvalue weighted by molar-refractivity contribution is 9.10. The third kappa shape index (κ3) is 6.85. The summed E-state index contributed by atoms with van der Waals surface area (Å²) in [5, 5.41) is 8.50. The lowest BCUT2D eigenvalue weighted by Gasteiger charge is -2.35. The van der Waals surface area contributed by atoms with Gasteiger partial charge in [-0.15, -0.1) is 0 Å². The Morgan fingerprint density at radius 1 is 1.06 bits per heavy atom. The number of nitrogens with zero attached hydrogens (tertiary/aromatic N) is 1. The van der Waals surface area contributed by atoms with Gasteiger partial charge >= 0.3 is 18.0 Å². The highest BCUT2D eigenvalue weighted by Crippen LogP contribution is 2.32. The molecule has 35 heavy (non-hydrogen) atoms. The van der Waals surface area contributed by atoms with Crippen molar-refractivity contribution < 1.29 is 19.1 Å². The summed E-state index contributed by atoms with van der Waals surface area (Å²) >= 11 is 3.36. The molecule has 0 saturated carbocycles. The van der Waals surface area contributed by atoms with Crippen molar-refractivity contribution in [2.75, 3.05) is 17.2 Å². The number of unbranched alkanes of at least 4 members (excludes halogenated alkanes) is 1. The molecule has 3 rings (SSSR count). The van der Waals surface area contributed by atoms with Gasteiger partial charge in [0.15, 0.2) is 0 Å². The summed E-state index contributed by atoms with van der Waals surface area (Å²) in [5.74, 6) is -0.458. The molecular formula is C26H31BrN4O4. The largest absolute Gasteiger partial charge is 0.459 e. The zero-order chi connectivity index (χ0) is 25.5. The Kier molecular flexibility index (Phi) is 8.92. The number of benzene rings is 2. The van der Waals surface area contributed by atoms with Crippen molar-refractivity contribution in [2.45, 2.75) is 52.7 Å². The number of amides is 4. The lowest BCUT2D eigenvalue weighted by molar-refractivity contribution is -0.143. The second-order valence-electron chi connectivity index (χ2n) is 8.55. The quantitative estimate of drug-likeness (QED) is 0.346. The van der Waals surface area contributed by atoms with Crippen molar-refractivity contribution in [2.24, 2.45) is 0 Å². The first-order valence-electron chi connectivity index (χ1n) is 11.6. The Hall–Kier alpha value is -3.33. The molecule has 4 amide bonds. The number of allylic oxidation sites excluding steroid dienone is 1. The number of rotatable bonds is 8. The molecule has 2 aromatic rings. The Balaban J connectivity index is 1.80. The lowest BCUT2D eigenvalue weighted by Crippen LogP contribution is -2.48. The average Bonchev–Trinajstić information content (AvgIpc) is 2.80. The maximum absolute atomic E-state index is 13.0. The molecule has 0 aliphatic carbocycles. The minimum absolute atomic E-state index is 0.252. The molecule has 2 aromatic carbocycles. The molecule has 1 heterocycles. The number of nitrogens with one attached hydrogen (secondary N) is 3. The van der Waals surface area contributed by atoms with Gasteiger partial charge in [-0.25, -0.2) is 14.4 Å². The molecule has 9 heteroatoms. The van der Waals surface area contributed by atoms with E-state index in [0.29, 0.717) is 34.8 Å². The summed E-state index contributed by atoms with van der Waals surface area (Å²) < 4.78 is 6.42. The van der Waals surface area contributed by atoms with Gasteiger partial charge in [-0.3, -0.25) is 4.90 Å². The van der Waals surface area contributed by atoms with E-state index in [9.17, 15) is 14.4 Å². The normalized spacial score (nSPS) is 15.7. The molecule has 3 N–H and O–H groups in total. The number of anilines is 2. The molecule has 0 spiro atoms. The van der Waals surface area contributed by atoms with E-state index >= 15 is 0 Å². The van der Waals surface area contributed by atoms with Crippen molar-refractivity contribution in [3.8, 4) is 0 Å². The highest BCUT2D eigenvalue weighted by atomic mass is 79.9. The Morgan fingerprint density at radius 3 is 2.17 bits per heavy atom. The van der Waals surface area contributed by atoms with Crippen LogP contribution in [0.5, 0.6) is 0 Å². The van der Waals surface area contributed by atoms with Crippen LogP contribution < -0.4 is 16.0 Å². The number of hydrogen-bond donors (Lipinski definition) is 3. The van der Waals surface area contributed by atoms with Crippen LogP contribution >= 0.6 is 15.9 Å². The minimum atomic E-state index is -0.655. The van der Waals surface area contributed by atoms with Crippen LogP contribution in [0.25, 0.3) is 0 Å². The summed E-state index contributed by atoms with van der Waals surface area (Å²) in [6, 6.07) is 13.0. The molecule has 1 unspecified atom stereocenters. The molecule has 8 nitrogen and oxygen atoms in total. The van der Waals surface area contributed by atoms with E-state index in [1.807, 2.05) is 19.1 Å². The molecule has 1 aliphatic heterocycles. The second kappa shape index (κ2) is 11.9. The molecule has 0 aromatic heterocycles. The van der Waals surface area contributed by atoms with Crippen LogP contribution in [-0.2, 0) is 9.53 Å². The fraction of sp³-hybridized carbons (Fsp3) is 0.346. The zero-order valence-corrected chi connectivity index (χ0v) is 21.9. The van der Waals surface area contributed by atoms with Gasteiger partial charge in [0.1, 0.15) is 0 Å². The number of halogens is 1. The van der Waals surface area contributed by atoms with E-state index in [1.54, 1.807) is 62.1 Å². The maximum atomic E-state index is 13.0. The fourth-order valence-corrected chi connectivity index (χ4v) is 4.01. The summed E-state index contributed by atoms with van der Waals surface area (Å²) in [5.41, 5.74) is 2.94. The number of urea groups is 2. The predicted octanol–water partition coefficient (Wildman–Crippen LogP) is 6.19. The summed E-state index contributed by atoms with van der Waals surface area (Å²) in [7, 11) is 0. The van der Waals surface area contributed by atoms with Crippen molar-refractivity contribution in [1.82, 2.24) is 10.2 Å². The second-order valence-corrected chi connectivity index (χ2v) is 9.46. The van der Waals surface area contributed by atoms with Gasteiger partial charge < -0.3 is 20.7 Å². The van der Waals surface area contributed by atoms with Crippen LogP contribution in [0.15, 0.2) is 64.3 Å². The first-order chi connectivity index (χ1) is 16.7. The molecule has 0 radical (unpaired) electrons. The number of hydrogen-bond acceptors (Lipinski definition) is 4. The molecule has 0 fully saturated rings. The standard InChI is InChI=1S/C26H31BrN4O4/c1-5-6-15-31-17(4)22(24(32)35-16(2)3)23(30-26(31)34)18-7-11-20(12-8-18)28-25(33)29-21-13-9-19(27)10-14-21/h7-14,16,23H,5-6,15H2,1-4H3,(H,30,34)(H2,28,29,33).